The number of carbonyl (C=O) groups is 2. The third-order valence-electron chi connectivity index (χ3n) is 2.30. The molecule has 1 aromatic carbocycles. The first-order chi connectivity index (χ1) is 9.36. The molecule has 1 unspecified atom stereocenters. The van der Waals surface area contributed by atoms with Gasteiger partial charge in [-0.3, -0.25) is 19.7 Å². The van der Waals surface area contributed by atoms with E-state index >= 15 is 0 Å². The standard InChI is InChI=1S/C11H10BrClN2O5/c1-20-11(17)8(12)5-14-10(16)7-4-6(13)2-3-9(7)15(18)19/h2-4,8H,5H2,1H3,(H,14,16). The molecule has 0 heterocycles. The van der Waals surface area contributed by atoms with Crippen molar-refractivity contribution < 1.29 is 19.2 Å². The molecule has 0 aromatic heterocycles. The molecule has 0 aliphatic heterocycles. The fourth-order valence-corrected chi connectivity index (χ4v) is 1.86. The summed E-state index contributed by atoms with van der Waals surface area (Å²) < 4.78 is 4.46. The Morgan fingerprint density at radius 3 is 2.75 bits per heavy atom. The predicted octanol–water partition coefficient (Wildman–Crippen LogP) is 1.91. The van der Waals surface area contributed by atoms with Crippen LogP contribution in [0.1, 0.15) is 10.4 Å². The van der Waals surface area contributed by atoms with Gasteiger partial charge in [-0.15, -0.1) is 0 Å². The SMILES string of the molecule is COC(=O)C(Br)CNC(=O)c1cc(Cl)ccc1[N+](=O)[O-]. The minimum Gasteiger partial charge on any atom is -0.468 e. The van der Waals surface area contributed by atoms with Crippen LogP contribution in [-0.2, 0) is 9.53 Å². The molecule has 0 aliphatic carbocycles. The molecular formula is C11H10BrClN2O5. The molecular weight excluding hydrogens is 355 g/mol. The molecule has 0 fully saturated rings. The minimum absolute atomic E-state index is 0.0742. The summed E-state index contributed by atoms with van der Waals surface area (Å²) in [5.74, 6) is -1.27. The molecule has 0 radical (unpaired) electrons. The number of hydrogen-bond donors (Lipinski definition) is 1. The van der Waals surface area contributed by atoms with Crippen molar-refractivity contribution in [1.82, 2.24) is 5.32 Å². The Bertz CT molecular complexity index is 552. The van der Waals surface area contributed by atoms with Crippen molar-refractivity contribution in [2.24, 2.45) is 0 Å². The number of nitro groups is 1. The number of amides is 1. The third kappa shape index (κ3) is 4.17. The quantitative estimate of drug-likeness (QED) is 0.372. The number of alkyl halides is 1. The summed E-state index contributed by atoms with van der Waals surface area (Å²) >= 11 is 8.73. The second-order valence-corrected chi connectivity index (χ2v) is 5.16. The first kappa shape index (κ1) is 16.4. The fraction of sp³-hybridized carbons (Fsp3) is 0.273. The van der Waals surface area contributed by atoms with Gasteiger partial charge < -0.3 is 10.1 Å². The summed E-state index contributed by atoms with van der Waals surface area (Å²) in [4.78, 5) is 32.4. The zero-order valence-corrected chi connectivity index (χ0v) is 12.6. The normalized spacial score (nSPS) is 11.6. The van der Waals surface area contributed by atoms with Gasteiger partial charge in [0.15, 0.2) is 0 Å². The number of nitro benzene ring substituents is 1. The van der Waals surface area contributed by atoms with Crippen molar-refractivity contribution in [2.75, 3.05) is 13.7 Å². The van der Waals surface area contributed by atoms with E-state index in [1.54, 1.807) is 0 Å². The monoisotopic (exact) mass is 364 g/mol. The van der Waals surface area contributed by atoms with Crippen LogP contribution in [0.25, 0.3) is 0 Å². The van der Waals surface area contributed by atoms with Crippen LogP contribution in [0.3, 0.4) is 0 Å². The Labute approximate surface area is 127 Å². The lowest BCUT2D eigenvalue weighted by Crippen LogP contribution is -2.34. The highest BCUT2D eigenvalue weighted by atomic mass is 79.9. The third-order valence-corrected chi connectivity index (χ3v) is 3.23. The number of nitrogens with zero attached hydrogens (tertiary/aromatic N) is 1. The van der Waals surface area contributed by atoms with Gasteiger partial charge in [0.2, 0.25) is 0 Å². The average Bonchev–Trinajstić information content (AvgIpc) is 2.42. The van der Waals surface area contributed by atoms with Gasteiger partial charge in [0.25, 0.3) is 11.6 Å². The van der Waals surface area contributed by atoms with Crippen molar-refractivity contribution >= 4 is 45.1 Å². The van der Waals surface area contributed by atoms with E-state index in [2.05, 4.69) is 26.0 Å². The Hall–Kier alpha value is -1.67. The van der Waals surface area contributed by atoms with Gasteiger partial charge in [0, 0.05) is 17.6 Å². The van der Waals surface area contributed by atoms with E-state index in [0.29, 0.717) is 0 Å². The van der Waals surface area contributed by atoms with Gasteiger partial charge in [0.05, 0.1) is 12.0 Å². The van der Waals surface area contributed by atoms with E-state index in [0.717, 1.165) is 6.07 Å². The second kappa shape index (κ2) is 7.20. The first-order valence-electron chi connectivity index (χ1n) is 5.31. The van der Waals surface area contributed by atoms with Crippen molar-refractivity contribution in [1.29, 1.82) is 0 Å². The van der Waals surface area contributed by atoms with Gasteiger partial charge in [-0.2, -0.15) is 0 Å². The Morgan fingerprint density at radius 1 is 1.55 bits per heavy atom. The lowest BCUT2D eigenvalue weighted by Gasteiger charge is -2.09. The number of methoxy groups -OCH3 is 1. The molecule has 0 bridgehead atoms. The fourth-order valence-electron chi connectivity index (χ4n) is 1.34. The number of ether oxygens (including phenoxy) is 1. The molecule has 20 heavy (non-hydrogen) atoms. The number of carbonyl (C=O) groups excluding carboxylic acids is 2. The topological polar surface area (TPSA) is 98.5 Å². The van der Waals surface area contributed by atoms with Gasteiger partial charge >= 0.3 is 5.97 Å². The lowest BCUT2D eigenvalue weighted by atomic mass is 10.1. The summed E-state index contributed by atoms with van der Waals surface area (Å²) in [5.41, 5.74) is -0.539. The predicted molar refractivity (Wildman–Crippen MR) is 75.2 cm³/mol. The van der Waals surface area contributed by atoms with Crippen molar-refractivity contribution in [3.05, 3.63) is 38.9 Å². The zero-order valence-electron chi connectivity index (χ0n) is 10.3. The maximum atomic E-state index is 11.9. The van der Waals surface area contributed by atoms with Crippen molar-refractivity contribution in [3.8, 4) is 0 Å². The van der Waals surface area contributed by atoms with E-state index in [1.807, 2.05) is 0 Å². The van der Waals surface area contributed by atoms with Crippen LogP contribution >= 0.6 is 27.5 Å². The Kier molecular flexibility index (Phi) is 5.90. The maximum Gasteiger partial charge on any atom is 0.321 e. The largest absolute Gasteiger partial charge is 0.468 e. The van der Waals surface area contributed by atoms with Crippen LogP contribution in [0, 0.1) is 10.1 Å². The summed E-state index contributed by atoms with van der Waals surface area (Å²) in [6.45, 7) is -0.0742. The average molecular weight is 366 g/mol. The molecule has 9 heteroatoms. The molecule has 0 saturated carbocycles. The molecule has 1 rings (SSSR count). The molecule has 1 atom stereocenters. The number of esters is 1. The van der Waals surface area contributed by atoms with E-state index in [4.69, 9.17) is 11.6 Å². The zero-order chi connectivity index (χ0) is 15.3. The molecule has 108 valence electrons. The summed E-state index contributed by atoms with van der Waals surface area (Å²) in [7, 11) is 1.21. The highest BCUT2D eigenvalue weighted by molar-refractivity contribution is 9.10. The number of hydrogen-bond acceptors (Lipinski definition) is 5. The molecule has 1 N–H and O–H groups in total. The Morgan fingerprint density at radius 2 is 2.20 bits per heavy atom. The maximum absolute atomic E-state index is 11.9. The van der Waals surface area contributed by atoms with Crippen molar-refractivity contribution in [3.63, 3.8) is 0 Å². The van der Waals surface area contributed by atoms with Crippen LogP contribution in [0.15, 0.2) is 18.2 Å². The van der Waals surface area contributed by atoms with Crippen LogP contribution < -0.4 is 5.32 Å². The Balaban J connectivity index is 2.85. The summed E-state index contributed by atoms with van der Waals surface area (Å²) in [6.07, 6.45) is 0. The van der Waals surface area contributed by atoms with E-state index in [-0.39, 0.29) is 22.8 Å². The number of nitrogens with one attached hydrogen (secondary N) is 1. The summed E-state index contributed by atoms with van der Waals surface area (Å²) in [5, 5.41) is 13.4. The molecule has 0 spiro atoms. The number of halogens is 2. The number of benzene rings is 1. The smallest absolute Gasteiger partial charge is 0.321 e. The van der Waals surface area contributed by atoms with E-state index in [9.17, 15) is 19.7 Å². The highest BCUT2D eigenvalue weighted by Gasteiger charge is 2.22. The second-order valence-electron chi connectivity index (χ2n) is 3.62. The molecule has 0 saturated heterocycles. The number of rotatable bonds is 5. The van der Waals surface area contributed by atoms with Crippen LogP contribution in [0.4, 0.5) is 5.69 Å². The van der Waals surface area contributed by atoms with Crippen LogP contribution in [0.5, 0.6) is 0 Å². The molecule has 0 aliphatic rings. The molecule has 7 nitrogen and oxygen atoms in total. The first-order valence-corrected chi connectivity index (χ1v) is 6.60. The molecule has 1 aromatic rings. The highest BCUT2D eigenvalue weighted by Crippen LogP contribution is 2.22. The molecule has 1 amide bonds. The van der Waals surface area contributed by atoms with Gasteiger partial charge in [0.1, 0.15) is 10.4 Å². The summed E-state index contributed by atoms with van der Waals surface area (Å²) in [6, 6.07) is 3.65. The van der Waals surface area contributed by atoms with Crippen molar-refractivity contribution in [2.45, 2.75) is 4.83 Å². The van der Waals surface area contributed by atoms with Gasteiger partial charge in [-0.1, -0.05) is 27.5 Å². The van der Waals surface area contributed by atoms with Crippen LogP contribution in [-0.4, -0.2) is 35.3 Å². The lowest BCUT2D eigenvalue weighted by molar-refractivity contribution is -0.385. The van der Waals surface area contributed by atoms with Gasteiger partial charge in [-0.05, 0) is 12.1 Å². The van der Waals surface area contributed by atoms with E-state index in [1.165, 1.54) is 19.2 Å². The van der Waals surface area contributed by atoms with Gasteiger partial charge in [-0.25, -0.2) is 0 Å². The van der Waals surface area contributed by atoms with E-state index < -0.39 is 21.6 Å². The van der Waals surface area contributed by atoms with Crippen LogP contribution in [0.2, 0.25) is 5.02 Å². The minimum atomic E-state index is -0.741.